The van der Waals surface area contributed by atoms with E-state index in [-0.39, 0.29) is 6.54 Å². The first-order chi connectivity index (χ1) is 28.2. The lowest BCUT2D eigenvalue weighted by Crippen LogP contribution is -2.61. The van der Waals surface area contributed by atoms with E-state index in [1.54, 1.807) is 0 Å². The first-order valence-electron chi connectivity index (χ1n) is 17.8. The van der Waals surface area contributed by atoms with E-state index in [0.717, 1.165) is 25.7 Å². The van der Waals surface area contributed by atoms with E-state index in [0.29, 0.717) is 34.6 Å². The predicted octanol–water partition coefficient (Wildman–Crippen LogP) is 7.79. The fourth-order valence-corrected chi connectivity index (χ4v) is 4.80. The van der Waals surface area contributed by atoms with Crippen LogP contribution in [-0.4, -0.2) is 108 Å². The standard InChI is InChI=1S/C31H36F18N8O5/c1-2-3-4-5-6-7-10-50-23(60)51-20(22(59)62-17-19-15-57(55-53-19)12-9-25(34,35)27(38,39)29(42,43)31(47,48)49)13-21(58)61-16-18-14-56(54-52-18)11-8-24(32,33)26(36,37)28(40,41)30(44,45)46/h14-15,20H,2-13,16-17H2,1H3,(H2,50,51,60)/t20-/m0/s1. The Bertz CT molecular complexity index is 1770. The van der Waals surface area contributed by atoms with E-state index in [1.165, 1.54) is 0 Å². The van der Waals surface area contributed by atoms with Gasteiger partial charge < -0.3 is 20.1 Å². The maximum Gasteiger partial charge on any atom is 0.460 e. The summed E-state index contributed by atoms with van der Waals surface area (Å²) >= 11 is 0. The van der Waals surface area contributed by atoms with Crippen LogP contribution in [0.5, 0.6) is 0 Å². The third kappa shape index (κ3) is 13.4. The molecule has 0 aliphatic heterocycles. The SMILES string of the molecule is CCCCCCCCNC(=O)N[C@@H](CC(=O)OCc1cn(CCC(F)(F)C(F)(F)C(F)(F)C(F)(F)F)nn1)C(=O)OCc1cn(CCC(F)(F)C(F)(F)C(F)(F)C(F)(F)F)nn1. The molecule has 2 rings (SSSR count). The van der Waals surface area contributed by atoms with Crippen molar-refractivity contribution in [3.05, 3.63) is 23.8 Å². The van der Waals surface area contributed by atoms with E-state index < -0.39 is 129 Å². The van der Waals surface area contributed by atoms with Gasteiger partial charge in [-0.25, -0.2) is 9.59 Å². The summed E-state index contributed by atoms with van der Waals surface area (Å²) in [6, 6.07) is -2.96. The van der Waals surface area contributed by atoms with Gasteiger partial charge >= 0.3 is 65.9 Å². The molecule has 0 saturated heterocycles. The number of nitrogens with zero attached hydrogens (tertiary/aromatic N) is 6. The number of esters is 2. The monoisotopic (exact) mass is 942 g/mol. The Balaban J connectivity index is 2.07. The van der Waals surface area contributed by atoms with Crippen LogP contribution in [0.25, 0.3) is 0 Å². The van der Waals surface area contributed by atoms with Crippen LogP contribution >= 0.6 is 0 Å². The van der Waals surface area contributed by atoms with Gasteiger partial charge in [-0.05, 0) is 6.42 Å². The molecular weight excluding hydrogens is 906 g/mol. The first kappa shape index (κ1) is 53.4. The number of carbonyl (C=O) groups excluding carboxylic acids is 3. The molecule has 2 aromatic rings. The van der Waals surface area contributed by atoms with Crippen molar-refractivity contribution in [2.24, 2.45) is 0 Å². The van der Waals surface area contributed by atoms with Crippen LogP contribution in [0.4, 0.5) is 83.8 Å². The average molecular weight is 943 g/mol. The van der Waals surface area contributed by atoms with Crippen molar-refractivity contribution < 1.29 is 103 Å². The molecule has 1 atom stereocenters. The Hall–Kier alpha value is -4.77. The summed E-state index contributed by atoms with van der Waals surface area (Å²) < 4.78 is 247. The molecule has 13 nitrogen and oxygen atoms in total. The highest BCUT2D eigenvalue weighted by molar-refractivity contribution is 5.87. The number of ether oxygens (including phenoxy) is 2. The van der Waals surface area contributed by atoms with Crippen molar-refractivity contribution >= 4 is 18.0 Å². The van der Waals surface area contributed by atoms with E-state index in [9.17, 15) is 93.4 Å². The summed E-state index contributed by atoms with van der Waals surface area (Å²) in [5.41, 5.74) is -0.919. The zero-order valence-corrected chi connectivity index (χ0v) is 31.7. The number of nitrogens with one attached hydrogen (secondary N) is 2. The van der Waals surface area contributed by atoms with Crippen molar-refractivity contribution in [2.75, 3.05) is 6.54 Å². The molecule has 356 valence electrons. The zero-order chi connectivity index (χ0) is 47.6. The Morgan fingerprint density at radius 2 is 1.03 bits per heavy atom. The Kier molecular flexibility index (Phi) is 17.7. The number of unbranched alkanes of at least 4 members (excludes halogenated alkanes) is 5. The highest BCUT2D eigenvalue weighted by Crippen LogP contribution is 2.55. The largest absolute Gasteiger partial charge is 0.460 e. The van der Waals surface area contributed by atoms with Crippen LogP contribution in [0.1, 0.15) is 76.1 Å². The fraction of sp³-hybridized carbons (Fsp3) is 0.774. The van der Waals surface area contributed by atoms with Gasteiger partial charge in [-0.1, -0.05) is 49.5 Å². The molecule has 0 unspecified atom stereocenters. The van der Waals surface area contributed by atoms with E-state index in [4.69, 9.17) is 9.47 Å². The Morgan fingerprint density at radius 3 is 1.47 bits per heavy atom. The van der Waals surface area contributed by atoms with Gasteiger partial charge in [-0.2, -0.15) is 79.0 Å². The average Bonchev–Trinajstić information content (AvgIpc) is 3.82. The van der Waals surface area contributed by atoms with Gasteiger partial charge in [0, 0.05) is 32.5 Å². The minimum Gasteiger partial charge on any atom is -0.459 e. The minimum atomic E-state index is -7.12. The summed E-state index contributed by atoms with van der Waals surface area (Å²) in [4.78, 5) is 38.0. The fourth-order valence-electron chi connectivity index (χ4n) is 4.80. The van der Waals surface area contributed by atoms with Crippen LogP contribution in [0.15, 0.2) is 12.4 Å². The van der Waals surface area contributed by atoms with Crippen molar-refractivity contribution in [3.63, 3.8) is 0 Å². The minimum absolute atomic E-state index is 0.0795. The van der Waals surface area contributed by atoms with Crippen LogP contribution < -0.4 is 10.6 Å². The molecule has 0 aliphatic carbocycles. The highest BCUT2D eigenvalue weighted by atomic mass is 19.4. The molecule has 0 spiro atoms. The number of amides is 2. The second-order valence-corrected chi connectivity index (χ2v) is 13.3. The summed E-state index contributed by atoms with van der Waals surface area (Å²) in [5.74, 6) is -42.7. The molecule has 62 heavy (non-hydrogen) atoms. The summed E-state index contributed by atoms with van der Waals surface area (Å²) in [6.45, 7) is -2.64. The molecule has 0 bridgehead atoms. The number of aryl methyl sites for hydroxylation is 2. The number of rotatable bonds is 25. The number of hydrogen-bond acceptors (Lipinski definition) is 9. The van der Waals surface area contributed by atoms with E-state index in [1.807, 2.05) is 6.92 Å². The topological polar surface area (TPSA) is 155 Å². The molecule has 2 N–H and O–H groups in total. The number of urea groups is 1. The van der Waals surface area contributed by atoms with Gasteiger partial charge in [-0.3, -0.25) is 14.2 Å². The highest BCUT2D eigenvalue weighted by Gasteiger charge is 2.82. The second-order valence-electron chi connectivity index (χ2n) is 13.3. The van der Waals surface area contributed by atoms with Crippen molar-refractivity contribution in [2.45, 2.75) is 145 Å². The number of hydrogen-bond donors (Lipinski definition) is 2. The molecule has 2 amide bonds. The van der Waals surface area contributed by atoms with Crippen LogP contribution in [-0.2, 0) is 45.4 Å². The smallest absolute Gasteiger partial charge is 0.459 e. The molecule has 0 saturated carbocycles. The Morgan fingerprint density at radius 1 is 0.613 bits per heavy atom. The lowest BCUT2D eigenvalue weighted by Gasteiger charge is -2.33. The lowest BCUT2D eigenvalue weighted by atomic mass is 10.0. The summed E-state index contributed by atoms with van der Waals surface area (Å²) in [7, 11) is 0. The molecule has 0 aromatic carbocycles. The maximum atomic E-state index is 13.9. The molecular formula is C31H36F18N8O5. The first-order valence-corrected chi connectivity index (χ1v) is 17.8. The molecule has 0 radical (unpaired) electrons. The predicted molar refractivity (Wildman–Crippen MR) is 169 cm³/mol. The van der Waals surface area contributed by atoms with Crippen molar-refractivity contribution in [1.82, 2.24) is 40.6 Å². The van der Waals surface area contributed by atoms with Gasteiger partial charge in [0.15, 0.2) is 0 Å². The quantitative estimate of drug-likeness (QED) is 0.0577. The van der Waals surface area contributed by atoms with Gasteiger partial charge in [0.25, 0.3) is 0 Å². The molecule has 31 heteroatoms. The van der Waals surface area contributed by atoms with Gasteiger partial charge in [0.2, 0.25) is 0 Å². The molecule has 0 aliphatic rings. The van der Waals surface area contributed by atoms with Crippen LogP contribution in [0.2, 0.25) is 0 Å². The molecule has 2 heterocycles. The molecule has 2 aromatic heterocycles. The lowest BCUT2D eigenvalue weighted by molar-refractivity contribution is -0.397. The third-order valence-electron chi connectivity index (χ3n) is 8.42. The van der Waals surface area contributed by atoms with Gasteiger partial charge in [0.1, 0.15) is 30.6 Å². The number of alkyl halides is 18. The third-order valence-corrected chi connectivity index (χ3v) is 8.42. The maximum absolute atomic E-state index is 13.9. The van der Waals surface area contributed by atoms with Crippen molar-refractivity contribution in [1.29, 1.82) is 0 Å². The van der Waals surface area contributed by atoms with E-state index in [2.05, 4.69) is 31.3 Å². The Labute approximate surface area is 337 Å². The second kappa shape index (κ2) is 20.6. The number of carbonyl (C=O) groups is 3. The number of aromatic nitrogens is 6. The normalized spacial score (nSPS) is 14.1. The van der Waals surface area contributed by atoms with Gasteiger partial charge in [-0.15, -0.1) is 10.2 Å². The summed E-state index contributed by atoms with van der Waals surface area (Å²) in [6.07, 6.45) is -13.6. The molecule has 0 fully saturated rings. The van der Waals surface area contributed by atoms with E-state index >= 15 is 0 Å². The van der Waals surface area contributed by atoms with Crippen LogP contribution in [0, 0.1) is 0 Å². The number of halogens is 18. The van der Waals surface area contributed by atoms with Crippen LogP contribution in [0.3, 0.4) is 0 Å². The summed E-state index contributed by atoms with van der Waals surface area (Å²) in [5, 5.41) is 17.5. The van der Waals surface area contributed by atoms with Gasteiger partial charge in [0.05, 0.1) is 18.8 Å². The zero-order valence-electron chi connectivity index (χ0n) is 31.7. The van der Waals surface area contributed by atoms with Crippen molar-refractivity contribution in [3.8, 4) is 0 Å².